The van der Waals surface area contributed by atoms with E-state index in [2.05, 4.69) is 12.1 Å². The molecule has 0 unspecified atom stereocenters. The van der Waals surface area contributed by atoms with E-state index in [9.17, 15) is 9.59 Å². The van der Waals surface area contributed by atoms with Crippen molar-refractivity contribution in [2.75, 3.05) is 33.3 Å². The van der Waals surface area contributed by atoms with E-state index in [-0.39, 0.29) is 11.8 Å². The first-order valence-electron chi connectivity index (χ1n) is 10.5. The fourth-order valence-corrected chi connectivity index (χ4v) is 3.67. The van der Waals surface area contributed by atoms with Gasteiger partial charge < -0.3 is 14.5 Å². The van der Waals surface area contributed by atoms with Crippen LogP contribution >= 0.6 is 0 Å². The molecule has 1 saturated heterocycles. The second kappa shape index (κ2) is 10.6. The molecule has 1 aliphatic rings. The second-order valence-electron chi connectivity index (χ2n) is 7.62. The first-order valence-corrected chi connectivity index (χ1v) is 10.5. The molecule has 158 valence electrons. The lowest BCUT2D eigenvalue weighted by Crippen LogP contribution is -2.50. The Hall–Kier alpha value is -3.08. The number of carbonyl (C=O) groups is 2. The lowest BCUT2D eigenvalue weighted by molar-refractivity contribution is -0.137. The number of hydrogen-bond acceptors (Lipinski definition) is 3. The Balaban J connectivity index is 1.45. The first kappa shape index (κ1) is 21.6. The molecule has 0 radical (unpaired) electrons. The van der Waals surface area contributed by atoms with Gasteiger partial charge in [0.25, 0.3) is 0 Å². The quantitative estimate of drug-likeness (QED) is 0.659. The molecule has 2 aromatic carbocycles. The molecule has 1 fully saturated rings. The van der Waals surface area contributed by atoms with Gasteiger partial charge in [-0.1, -0.05) is 42.0 Å². The molecule has 0 aliphatic carbocycles. The van der Waals surface area contributed by atoms with Crippen molar-refractivity contribution >= 4 is 17.9 Å². The highest BCUT2D eigenvalue weighted by Gasteiger charge is 2.22. The highest BCUT2D eigenvalue weighted by Crippen LogP contribution is 2.21. The average molecular weight is 407 g/mol. The highest BCUT2D eigenvalue weighted by atomic mass is 16.5. The Morgan fingerprint density at radius 2 is 1.70 bits per heavy atom. The van der Waals surface area contributed by atoms with Gasteiger partial charge in [0, 0.05) is 44.2 Å². The topological polar surface area (TPSA) is 49.9 Å². The summed E-state index contributed by atoms with van der Waals surface area (Å²) in [5.74, 6) is 0.892. The Morgan fingerprint density at radius 1 is 1.00 bits per heavy atom. The van der Waals surface area contributed by atoms with Crippen LogP contribution in [-0.4, -0.2) is 54.9 Å². The minimum atomic E-state index is -0.0327. The van der Waals surface area contributed by atoms with Crippen molar-refractivity contribution in [2.24, 2.45) is 0 Å². The van der Waals surface area contributed by atoms with Crippen LogP contribution < -0.4 is 4.74 Å². The predicted octanol–water partition coefficient (Wildman–Crippen LogP) is 3.71. The molecular weight excluding hydrogens is 376 g/mol. The number of piperazine rings is 1. The Bertz CT molecular complexity index is 885. The molecule has 0 N–H and O–H groups in total. The summed E-state index contributed by atoms with van der Waals surface area (Å²) >= 11 is 0. The zero-order valence-electron chi connectivity index (χ0n) is 17.8. The van der Waals surface area contributed by atoms with Gasteiger partial charge in [0.15, 0.2) is 0 Å². The zero-order valence-corrected chi connectivity index (χ0v) is 17.8. The van der Waals surface area contributed by atoms with Gasteiger partial charge in [-0.05, 0) is 43.5 Å². The molecule has 5 nitrogen and oxygen atoms in total. The van der Waals surface area contributed by atoms with Crippen LogP contribution in [0.3, 0.4) is 0 Å². The predicted molar refractivity (Wildman–Crippen MR) is 119 cm³/mol. The average Bonchev–Trinajstić information content (AvgIpc) is 2.78. The van der Waals surface area contributed by atoms with Gasteiger partial charge in [-0.3, -0.25) is 9.59 Å². The number of aryl methyl sites for hydroxylation is 2. The smallest absolute Gasteiger partial charge is 0.246 e. The van der Waals surface area contributed by atoms with Crippen LogP contribution in [0, 0.1) is 6.92 Å². The molecule has 0 aromatic heterocycles. The van der Waals surface area contributed by atoms with E-state index in [0.717, 1.165) is 29.7 Å². The van der Waals surface area contributed by atoms with Gasteiger partial charge >= 0.3 is 0 Å². The maximum absolute atomic E-state index is 12.6. The summed E-state index contributed by atoms with van der Waals surface area (Å²) in [4.78, 5) is 28.7. The van der Waals surface area contributed by atoms with Crippen LogP contribution in [0.2, 0.25) is 0 Å². The summed E-state index contributed by atoms with van der Waals surface area (Å²) in [5.41, 5.74) is 3.26. The number of ether oxygens (including phenoxy) is 1. The summed E-state index contributed by atoms with van der Waals surface area (Å²) in [6, 6.07) is 16.1. The van der Waals surface area contributed by atoms with Crippen LogP contribution in [0.5, 0.6) is 5.75 Å². The number of benzene rings is 2. The van der Waals surface area contributed by atoms with Crippen molar-refractivity contribution in [1.29, 1.82) is 0 Å². The second-order valence-corrected chi connectivity index (χ2v) is 7.62. The van der Waals surface area contributed by atoms with E-state index in [1.807, 2.05) is 48.2 Å². The number of hydrogen-bond donors (Lipinski definition) is 0. The third kappa shape index (κ3) is 5.96. The van der Waals surface area contributed by atoms with Crippen molar-refractivity contribution in [3.63, 3.8) is 0 Å². The van der Waals surface area contributed by atoms with E-state index in [1.54, 1.807) is 24.2 Å². The summed E-state index contributed by atoms with van der Waals surface area (Å²) in [7, 11) is 1.62. The molecule has 0 spiro atoms. The summed E-state index contributed by atoms with van der Waals surface area (Å²) in [6.45, 7) is 4.33. The SMILES string of the molecule is COc1ccc(C)cc1/C=C/C(=O)N1CCN(C(=O)CCCc2ccccc2)CC1. The number of rotatable bonds is 7. The molecule has 5 heteroatoms. The molecule has 3 rings (SSSR count). The Morgan fingerprint density at radius 3 is 2.40 bits per heavy atom. The maximum Gasteiger partial charge on any atom is 0.246 e. The minimum Gasteiger partial charge on any atom is -0.496 e. The van der Waals surface area contributed by atoms with Crippen LogP contribution in [-0.2, 0) is 16.0 Å². The summed E-state index contributed by atoms with van der Waals surface area (Å²) in [6.07, 6.45) is 5.71. The van der Waals surface area contributed by atoms with E-state index < -0.39 is 0 Å². The lowest BCUT2D eigenvalue weighted by atomic mass is 10.1. The monoisotopic (exact) mass is 406 g/mol. The molecule has 0 atom stereocenters. The summed E-state index contributed by atoms with van der Waals surface area (Å²) in [5, 5.41) is 0. The molecule has 2 amide bonds. The molecular formula is C25H30N2O3. The molecule has 1 aliphatic heterocycles. The van der Waals surface area contributed by atoms with E-state index in [4.69, 9.17) is 4.74 Å². The third-order valence-corrected chi connectivity index (χ3v) is 5.43. The van der Waals surface area contributed by atoms with Crippen LogP contribution in [0.4, 0.5) is 0 Å². The van der Waals surface area contributed by atoms with Crippen molar-refractivity contribution in [3.05, 3.63) is 71.3 Å². The lowest BCUT2D eigenvalue weighted by Gasteiger charge is -2.34. The van der Waals surface area contributed by atoms with Gasteiger partial charge in [0.1, 0.15) is 5.75 Å². The summed E-state index contributed by atoms with van der Waals surface area (Å²) < 4.78 is 5.36. The molecule has 1 heterocycles. The van der Waals surface area contributed by atoms with Crippen molar-refractivity contribution in [3.8, 4) is 5.75 Å². The van der Waals surface area contributed by atoms with Gasteiger partial charge in [0.05, 0.1) is 7.11 Å². The minimum absolute atomic E-state index is 0.0327. The van der Waals surface area contributed by atoms with Crippen molar-refractivity contribution in [1.82, 2.24) is 9.80 Å². The van der Waals surface area contributed by atoms with Crippen LogP contribution in [0.15, 0.2) is 54.6 Å². The molecule has 0 bridgehead atoms. The Labute approximate surface area is 178 Å². The number of methoxy groups -OCH3 is 1. The number of carbonyl (C=O) groups excluding carboxylic acids is 2. The van der Waals surface area contributed by atoms with Gasteiger partial charge in [0.2, 0.25) is 11.8 Å². The molecule has 30 heavy (non-hydrogen) atoms. The zero-order chi connectivity index (χ0) is 21.3. The Kier molecular flexibility index (Phi) is 7.66. The number of nitrogens with zero attached hydrogens (tertiary/aromatic N) is 2. The number of amides is 2. The fraction of sp³-hybridized carbons (Fsp3) is 0.360. The first-order chi connectivity index (χ1) is 14.6. The fourth-order valence-electron chi connectivity index (χ4n) is 3.67. The standard InChI is InChI=1S/C25H30N2O3/c1-20-11-13-23(30-2)22(19-20)12-14-25(29)27-17-15-26(16-18-27)24(28)10-6-9-21-7-4-3-5-8-21/h3-5,7-8,11-14,19H,6,9-10,15-18H2,1-2H3/b14-12+. The van der Waals surface area contributed by atoms with Gasteiger partial charge in [-0.2, -0.15) is 0 Å². The molecule has 0 saturated carbocycles. The maximum atomic E-state index is 12.6. The normalized spacial score (nSPS) is 14.2. The van der Waals surface area contributed by atoms with E-state index in [0.29, 0.717) is 32.6 Å². The highest BCUT2D eigenvalue weighted by molar-refractivity contribution is 5.92. The molecule has 2 aromatic rings. The van der Waals surface area contributed by atoms with Crippen LogP contribution in [0.25, 0.3) is 6.08 Å². The van der Waals surface area contributed by atoms with Gasteiger partial charge in [-0.15, -0.1) is 0 Å². The van der Waals surface area contributed by atoms with Crippen molar-refractivity contribution in [2.45, 2.75) is 26.2 Å². The third-order valence-electron chi connectivity index (χ3n) is 5.43. The van der Waals surface area contributed by atoms with E-state index >= 15 is 0 Å². The van der Waals surface area contributed by atoms with Crippen molar-refractivity contribution < 1.29 is 14.3 Å². The van der Waals surface area contributed by atoms with E-state index in [1.165, 1.54) is 5.56 Å². The van der Waals surface area contributed by atoms with Crippen LogP contribution in [0.1, 0.15) is 29.5 Å². The largest absolute Gasteiger partial charge is 0.496 e. The van der Waals surface area contributed by atoms with Gasteiger partial charge in [-0.25, -0.2) is 0 Å².